The molecule has 0 fully saturated rings. The van der Waals surface area contributed by atoms with Gasteiger partial charge in [0.05, 0.1) is 27.2 Å². The molecule has 0 aliphatic carbocycles. The fraction of sp³-hybridized carbons (Fsp3) is 0.600. The lowest BCUT2D eigenvalue weighted by atomic mass is 9.88. The van der Waals surface area contributed by atoms with E-state index in [1.165, 1.54) is 11.3 Å². The van der Waals surface area contributed by atoms with E-state index in [1.54, 1.807) is 12.4 Å². The molecule has 0 aromatic carbocycles. The number of nitrogens with zero attached hydrogens (tertiary/aromatic N) is 3. The van der Waals surface area contributed by atoms with E-state index in [9.17, 15) is 9.59 Å². The molecule has 3 rings (SSSR count). The lowest BCUT2D eigenvalue weighted by Gasteiger charge is -2.27. The van der Waals surface area contributed by atoms with E-state index in [1.807, 2.05) is 30.5 Å². The van der Waals surface area contributed by atoms with Crippen LogP contribution in [-0.2, 0) is 11.5 Å². The molecule has 2 atom stereocenters. The fourth-order valence-electron chi connectivity index (χ4n) is 3.55. The van der Waals surface area contributed by atoms with Crippen molar-refractivity contribution in [3.05, 3.63) is 35.0 Å². The Hall–Kier alpha value is -2.56. The second-order valence-electron chi connectivity index (χ2n) is 14.1. The Morgan fingerprint density at radius 2 is 1.60 bits per heavy atom. The molecule has 40 heavy (non-hydrogen) atoms. The summed E-state index contributed by atoms with van der Waals surface area (Å²) in [7, 11) is -1.22. The van der Waals surface area contributed by atoms with Gasteiger partial charge in [-0.15, -0.1) is 11.3 Å². The van der Waals surface area contributed by atoms with Crippen LogP contribution in [0, 0.1) is 10.8 Å². The van der Waals surface area contributed by atoms with Gasteiger partial charge in [0.15, 0.2) is 5.65 Å². The Morgan fingerprint density at radius 3 is 2.17 bits per heavy atom. The summed E-state index contributed by atoms with van der Waals surface area (Å²) in [4.78, 5) is 37.3. The lowest BCUT2D eigenvalue weighted by molar-refractivity contribution is 0.0881. The van der Waals surface area contributed by atoms with Crippen LogP contribution in [0.5, 0.6) is 0 Å². The summed E-state index contributed by atoms with van der Waals surface area (Å²) < 4.78 is 7.84. The van der Waals surface area contributed by atoms with Crippen LogP contribution in [0.25, 0.3) is 21.7 Å². The topological polar surface area (TPSA) is 98.1 Å². The molecular weight excluding hydrogens is 539 g/mol. The van der Waals surface area contributed by atoms with Gasteiger partial charge in [-0.05, 0) is 42.9 Å². The van der Waals surface area contributed by atoms with Crippen molar-refractivity contribution in [2.75, 3.05) is 6.61 Å². The number of ether oxygens (including phenoxy) is 1. The van der Waals surface area contributed by atoms with Gasteiger partial charge in [0.2, 0.25) is 0 Å². The summed E-state index contributed by atoms with van der Waals surface area (Å²) in [5.41, 5.74) is 2.06. The van der Waals surface area contributed by atoms with Gasteiger partial charge in [0.1, 0.15) is 12.2 Å². The first-order valence-corrected chi connectivity index (χ1v) is 18.5. The molecule has 0 radical (unpaired) electrons. The van der Waals surface area contributed by atoms with Gasteiger partial charge in [-0.2, -0.15) is 0 Å². The highest BCUT2D eigenvalue weighted by atomic mass is 32.1. The summed E-state index contributed by atoms with van der Waals surface area (Å²) in [6.07, 6.45) is 3.49. The number of hydrogen-bond acceptors (Lipinski definition) is 6. The van der Waals surface area contributed by atoms with Gasteiger partial charge in [-0.3, -0.25) is 9.59 Å². The number of thiophene rings is 1. The first-order chi connectivity index (χ1) is 18.4. The van der Waals surface area contributed by atoms with E-state index in [0.717, 1.165) is 10.9 Å². The molecular formula is C30H47N5O3SSi. The molecule has 220 valence electrons. The predicted molar refractivity (Wildman–Crippen MR) is 168 cm³/mol. The zero-order chi connectivity index (χ0) is 30.0. The molecule has 0 bridgehead atoms. The standard InChI is InChI=1S/C30H47N5O3SSi/c1-19(29(3,4)5)32-27(36)21-17-35(18-38-14-15-40(9,10)11)26-25(21)34-22(16-31-26)23-12-13-24(39-23)28(37)33-20(2)30(6,7)8/h12-13,16-17,19-20H,14-15,18H2,1-11H3,(H,32,36)(H,33,37)/t19-,20+/m0/s1. The SMILES string of the molecule is C[C@H](NC(=O)c1cn(COCC[Si](C)(C)C)c2ncc(-c3ccc(C(=O)N[C@H](C)C(C)(C)C)s3)nc12)C(C)(C)C. The van der Waals surface area contributed by atoms with Crippen LogP contribution >= 0.6 is 11.3 Å². The van der Waals surface area contributed by atoms with Crippen molar-refractivity contribution in [2.45, 2.75) is 99.9 Å². The molecule has 0 saturated heterocycles. The van der Waals surface area contributed by atoms with Gasteiger partial charge in [0, 0.05) is 33.0 Å². The maximum absolute atomic E-state index is 13.4. The van der Waals surface area contributed by atoms with Crippen molar-refractivity contribution >= 4 is 42.4 Å². The summed E-state index contributed by atoms with van der Waals surface area (Å²) in [6, 6.07) is 4.73. The molecule has 3 heterocycles. The van der Waals surface area contributed by atoms with Gasteiger partial charge >= 0.3 is 0 Å². The van der Waals surface area contributed by atoms with Crippen molar-refractivity contribution in [1.29, 1.82) is 0 Å². The van der Waals surface area contributed by atoms with E-state index in [4.69, 9.17) is 14.7 Å². The number of hydrogen-bond donors (Lipinski definition) is 2. The Balaban J connectivity index is 1.93. The van der Waals surface area contributed by atoms with Crippen molar-refractivity contribution in [2.24, 2.45) is 10.8 Å². The van der Waals surface area contributed by atoms with Gasteiger partial charge in [-0.25, -0.2) is 9.97 Å². The monoisotopic (exact) mass is 585 g/mol. The molecule has 0 aliphatic rings. The summed E-state index contributed by atoms with van der Waals surface area (Å²) in [5.74, 6) is -0.298. The molecule has 3 aromatic rings. The lowest BCUT2D eigenvalue weighted by Crippen LogP contribution is -2.41. The molecule has 3 aromatic heterocycles. The Labute approximate surface area is 244 Å². The summed E-state index contributed by atoms with van der Waals surface area (Å²) in [6.45, 7) is 24.5. The minimum atomic E-state index is -1.22. The number of carbonyl (C=O) groups excluding carboxylic acids is 2. The first kappa shape index (κ1) is 32.0. The summed E-state index contributed by atoms with van der Waals surface area (Å²) >= 11 is 1.37. The van der Waals surface area contributed by atoms with Crippen LogP contribution in [0.15, 0.2) is 24.5 Å². The Kier molecular flexibility index (Phi) is 9.69. The second-order valence-corrected chi connectivity index (χ2v) is 20.8. The third-order valence-corrected chi connectivity index (χ3v) is 10.2. The molecule has 0 unspecified atom stereocenters. The van der Waals surface area contributed by atoms with Crippen LogP contribution in [0.3, 0.4) is 0 Å². The summed E-state index contributed by atoms with van der Waals surface area (Å²) in [5, 5.41) is 6.22. The normalized spacial score (nSPS) is 14.3. The number of fused-ring (bicyclic) bond motifs is 1. The second kappa shape index (κ2) is 12.1. The van der Waals surface area contributed by atoms with Crippen molar-refractivity contribution in [1.82, 2.24) is 25.2 Å². The van der Waals surface area contributed by atoms with Crippen LogP contribution in [-0.4, -0.2) is 53.1 Å². The first-order valence-electron chi connectivity index (χ1n) is 14.0. The quantitative estimate of drug-likeness (QED) is 0.201. The Bertz CT molecular complexity index is 1340. The molecule has 2 amide bonds. The molecule has 8 nitrogen and oxygen atoms in total. The minimum absolute atomic E-state index is 0.0194. The maximum atomic E-state index is 13.4. The van der Waals surface area contributed by atoms with E-state index in [2.05, 4.69) is 71.8 Å². The maximum Gasteiger partial charge on any atom is 0.261 e. The number of rotatable bonds is 10. The van der Waals surface area contributed by atoms with E-state index < -0.39 is 8.07 Å². The third-order valence-electron chi connectivity index (χ3n) is 7.41. The number of aromatic nitrogens is 3. The molecule has 0 saturated carbocycles. The van der Waals surface area contributed by atoms with Gasteiger partial charge in [0.25, 0.3) is 11.8 Å². The van der Waals surface area contributed by atoms with Gasteiger partial charge < -0.3 is 19.9 Å². The number of carbonyl (C=O) groups is 2. The highest BCUT2D eigenvalue weighted by Gasteiger charge is 2.26. The van der Waals surface area contributed by atoms with Crippen molar-refractivity contribution in [3.63, 3.8) is 0 Å². The zero-order valence-electron chi connectivity index (χ0n) is 26.1. The average Bonchev–Trinajstić information content (AvgIpc) is 3.45. The van der Waals surface area contributed by atoms with Crippen LogP contribution in [0.4, 0.5) is 0 Å². The highest BCUT2D eigenvalue weighted by molar-refractivity contribution is 7.17. The minimum Gasteiger partial charge on any atom is -0.361 e. The van der Waals surface area contributed by atoms with Crippen LogP contribution < -0.4 is 10.6 Å². The largest absolute Gasteiger partial charge is 0.361 e. The van der Waals surface area contributed by atoms with Gasteiger partial charge in [-0.1, -0.05) is 61.2 Å². The third kappa shape index (κ3) is 8.23. The number of amides is 2. The van der Waals surface area contributed by atoms with E-state index in [0.29, 0.717) is 40.6 Å². The van der Waals surface area contributed by atoms with E-state index in [-0.39, 0.29) is 34.7 Å². The number of nitrogens with one attached hydrogen (secondary N) is 2. The Morgan fingerprint density at radius 1 is 1.00 bits per heavy atom. The van der Waals surface area contributed by atoms with E-state index >= 15 is 0 Å². The zero-order valence-corrected chi connectivity index (χ0v) is 27.9. The van der Waals surface area contributed by atoms with Crippen molar-refractivity contribution in [3.8, 4) is 10.6 Å². The fourth-order valence-corrected chi connectivity index (χ4v) is 5.17. The average molecular weight is 586 g/mol. The predicted octanol–water partition coefficient (Wildman–Crippen LogP) is 6.80. The van der Waals surface area contributed by atoms with Crippen molar-refractivity contribution < 1.29 is 14.3 Å². The molecule has 2 N–H and O–H groups in total. The molecule has 10 heteroatoms. The smallest absolute Gasteiger partial charge is 0.261 e. The highest BCUT2D eigenvalue weighted by Crippen LogP contribution is 2.30. The van der Waals surface area contributed by atoms with Crippen LogP contribution in [0.1, 0.15) is 75.4 Å². The molecule has 0 spiro atoms. The van der Waals surface area contributed by atoms with Crippen LogP contribution in [0.2, 0.25) is 25.7 Å². The molecule has 0 aliphatic heterocycles.